The van der Waals surface area contributed by atoms with E-state index >= 15 is 0 Å². The molecule has 1 aromatic heterocycles. The zero-order valence-electron chi connectivity index (χ0n) is 12.7. The molecular formula is C17H22N2O2. The second-order valence-corrected chi connectivity index (χ2v) is 5.49. The Balaban J connectivity index is 2.07. The summed E-state index contributed by atoms with van der Waals surface area (Å²) in [5.41, 5.74) is 2.07. The van der Waals surface area contributed by atoms with E-state index in [2.05, 4.69) is 15.8 Å². The van der Waals surface area contributed by atoms with Crippen molar-refractivity contribution >= 4 is 0 Å². The van der Waals surface area contributed by atoms with E-state index in [9.17, 15) is 0 Å². The van der Waals surface area contributed by atoms with E-state index in [1.54, 1.807) is 14.2 Å². The summed E-state index contributed by atoms with van der Waals surface area (Å²) < 4.78 is 13.2. The number of rotatable bonds is 4. The molecule has 0 radical (unpaired) electrons. The van der Waals surface area contributed by atoms with E-state index in [0.717, 1.165) is 22.8 Å². The lowest BCUT2D eigenvalue weighted by molar-refractivity contribution is 0.331. The molecule has 0 unspecified atom stereocenters. The van der Waals surface area contributed by atoms with E-state index in [0.29, 0.717) is 6.04 Å². The summed E-state index contributed by atoms with van der Waals surface area (Å²) in [5.74, 6) is 1.65. The molecule has 1 aliphatic rings. The minimum absolute atomic E-state index is 0.485. The first-order chi connectivity index (χ1) is 10.3. The number of nitrogens with zero attached hydrogens (tertiary/aromatic N) is 2. The molecule has 1 fully saturated rings. The van der Waals surface area contributed by atoms with Crippen LogP contribution in [-0.4, -0.2) is 24.0 Å². The number of methoxy groups -OCH3 is 2. The average molecular weight is 286 g/mol. The van der Waals surface area contributed by atoms with Crippen molar-refractivity contribution in [3.05, 3.63) is 30.5 Å². The lowest BCUT2D eigenvalue weighted by Crippen LogP contribution is -2.15. The highest BCUT2D eigenvalue weighted by Gasteiger charge is 2.22. The van der Waals surface area contributed by atoms with Gasteiger partial charge in [0.25, 0.3) is 0 Å². The van der Waals surface area contributed by atoms with Crippen molar-refractivity contribution in [1.82, 2.24) is 9.78 Å². The highest BCUT2D eigenvalue weighted by Crippen LogP contribution is 2.40. The Kier molecular flexibility index (Phi) is 4.13. The van der Waals surface area contributed by atoms with Gasteiger partial charge in [0.05, 0.1) is 31.5 Å². The molecule has 3 rings (SSSR count). The van der Waals surface area contributed by atoms with Gasteiger partial charge in [-0.05, 0) is 31.0 Å². The molecule has 0 N–H and O–H groups in total. The van der Waals surface area contributed by atoms with Crippen molar-refractivity contribution in [3.8, 4) is 22.8 Å². The molecule has 0 aliphatic heterocycles. The molecule has 0 spiro atoms. The van der Waals surface area contributed by atoms with Gasteiger partial charge in [-0.15, -0.1) is 0 Å². The summed E-state index contributed by atoms with van der Waals surface area (Å²) in [6.45, 7) is 0. The van der Waals surface area contributed by atoms with Crippen molar-refractivity contribution in [2.75, 3.05) is 14.2 Å². The largest absolute Gasteiger partial charge is 0.496 e. The van der Waals surface area contributed by atoms with Gasteiger partial charge in [0.2, 0.25) is 0 Å². The van der Waals surface area contributed by atoms with E-state index in [1.807, 2.05) is 24.4 Å². The summed E-state index contributed by atoms with van der Waals surface area (Å²) in [7, 11) is 3.39. The third kappa shape index (κ3) is 2.62. The van der Waals surface area contributed by atoms with Crippen molar-refractivity contribution in [2.45, 2.75) is 38.1 Å². The van der Waals surface area contributed by atoms with E-state index in [-0.39, 0.29) is 0 Å². The van der Waals surface area contributed by atoms with Gasteiger partial charge < -0.3 is 9.47 Å². The van der Waals surface area contributed by atoms with E-state index in [4.69, 9.17) is 9.47 Å². The van der Waals surface area contributed by atoms with Crippen LogP contribution in [0.1, 0.15) is 38.1 Å². The number of hydrogen-bond acceptors (Lipinski definition) is 3. The number of ether oxygens (including phenoxy) is 2. The molecule has 112 valence electrons. The van der Waals surface area contributed by atoms with Crippen molar-refractivity contribution < 1.29 is 9.47 Å². The molecule has 0 bridgehead atoms. The summed E-state index contributed by atoms with van der Waals surface area (Å²) in [5, 5.41) is 4.57. The fourth-order valence-electron chi connectivity index (χ4n) is 3.23. The van der Waals surface area contributed by atoms with Crippen LogP contribution in [0.5, 0.6) is 11.5 Å². The molecule has 2 aromatic rings. The Morgan fingerprint density at radius 3 is 2.29 bits per heavy atom. The maximum atomic E-state index is 5.53. The van der Waals surface area contributed by atoms with Gasteiger partial charge in [-0.25, -0.2) is 0 Å². The molecule has 21 heavy (non-hydrogen) atoms. The molecule has 0 saturated heterocycles. The quantitative estimate of drug-likeness (QED) is 0.850. The predicted octanol–water partition coefficient (Wildman–Crippen LogP) is 4.07. The Morgan fingerprint density at radius 2 is 1.67 bits per heavy atom. The molecule has 1 aliphatic carbocycles. The summed E-state index contributed by atoms with van der Waals surface area (Å²) in [6.07, 6.45) is 8.18. The minimum Gasteiger partial charge on any atom is -0.496 e. The van der Waals surface area contributed by atoms with Crippen molar-refractivity contribution in [3.63, 3.8) is 0 Å². The number of hydrogen-bond donors (Lipinski definition) is 0. The highest BCUT2D eigenvalue weighted by atomic mass is 16.5. The van der Waals surface area contributed by atoms with Gasteiger partial charge >= 0.3 is 0 Å². The van der Waals surface area contributed by atoms with Crippen LogP contribution in [0.4, 0.5) is 0 Å². The molecule has 1 aromatic carbocycles. The molecule has 0 atom stereocenters. The lowest BCUT2D eigenvalue weighted by Gasteiger charge is -2.25. The van der Waals surface area contributed by atoms with Crippen LogP contribution >= 0.6 is 0 Å². The highest BCUT2D eigenvalue weighted by molar-refractivity contribution is 5.74. The van der Waals surface area contributed by atoms with Gasteiger partial charge in [-0.3, -0.25) is 4.68 Å². The monoisotopic (exact) mass is 286 g/mol. The smallest absolute Gasteiger partial charge is 0.131 e. The number of benzene rings is 1. The van der Waals surface area contributed by atoms with Gasteiger partial charge in [-0.1, -0.05) is 25.3 Å². The van der Waals surface area contributed by atoms with Crippen LogP contribution in [0.25, 0.3) is 11.3 Å². The molecule has 4 heteroatoms. The zero-order chi connectivity index (χ0) is 14.7. The lowest BCUT2D eigenvalue weighted by atomic mass is 9.95. The molecule has 0 amide bonds. The van der Waals surface area contributed by atoms with Crippen LogP contribution in [0, 0.1) is 0 Å². The first-order valence-corrected chi connectivity index (χ1v) is 7.60. The van der Waals surface area contributed by atoms with Gasteiger partial charge in [0.15, 0.2) is 0 Å². The zero-order valence-corrected chi connectivity index (χ0v) is 12.7. The molecular weight excluding hydrogens is 264 g/mol. The second-order valence-electron chi connectivity index (χ2n) is 5.49. The van der Waals surface area contributed by atoms with Crippen molar-refractivity contribution in [2.24, 2.45) is 0 Å². The Morgan fingerprint density at radius 1 is 1.00 bits per heavy atom. The van der Waals surface area contributed by atoms with Crippen LogP contribution in [0.3, 0.4) is 0 Å². The third-order valence-electron chi connectivity index (χ3n) is 4.27. The van der Waals surface area contributed by atoms with Crippen molar-refractivity contribution in [1.29, 1.82) is 0 Å². The predicted molar refractivity (Wildman–Crippen MR) is 82.9 cm³/mol. The maximum absolute atomic E-state index is 5.53. The van der Waals surface area contributed by atoms with E-state index in [1.165, 1.54) is 32.1 Å². The Labute approximate surface area is 125 Å². The summed E-state index contributed by atoms with van der Waals surface area (Å²) in [4.78, 5) is 0. The topological polar surface area (TPSA) is 36.3 Å². The standard InChI is InChI=1S/C17H22N2O2/c1-20-15-9-6-10-16(21-2)17(15)14-11-12-18-19(14)13-7-4-3-5-8-13/h6,9-13H,3-5,7-8H2,1-2H3. The minimum atomic E-state index is 0.485. The molecule has 1 heterocycles. The third-order valence-corrected chi connectivity index (χ3v) is 4.27. The Bertz CT molecular complexity index is 578. The van der Waals surface area contributed by atoms with Crippen LogP contribution in [-0.2, 0) is 0 Å². The average Bonchev–Trinajstić information content (AvgIpc) is 3.04. The first-order valence-electron chi connectivity index (χ1n) is 7.60. The number of aromatic nitrogens is 2. The first kappa shape index (κ1) is 14.0. The van der Waals surface area contributed by atoms with Gasteiger partial charge in [-0.2, -0.15) is 5.10 Å². The van der Waals surface area contributed by atoms with Crippen LogP contribution < -0.4 is 9.47 Å². The molecule has 1 saturated carbocycles. The fourth-order valence-corrected chi connectivity index (χ4v) is 3.23. The fraction of sp³-hybridized carbons (Fsp3) is 0.471. The maximum Gasteiger partial charge on any atom is 0.131 e. The van der Waals surface area contributed by atoms with Crippen LogP contribution in [0.15, 0.2) is 30.5 Å². The normalized spacial score (nSPS) is 15.9. The van der Waals surface area contributed by atoms with E-state index < -0.39 is 0 Å². The summed E-state index contributed by atoms with van der Waals surface area (Å²) >= 11 is 0. The molecule has 4 nitrogen and oxygen atoms in total. The second kappa shape index (κ2) is 6.20. The van der Waals surface area contributed by atoms with Gasteiger partial charge in [0, 0.05) is 6.20 Å². The Hall–Kier alpha value is -1.97. The van der Waals surface area contributed by atoms with Crippen LogP contribution in [0.2, 0.25) is 0 Å². The van der Waals surface area contributed by atoms with Gasteiger partial charge in [0.1, 0.15) is 11.5 Å². The SMILES string of the molecule is COc1cccc(OC)c1-c1ccnn1C1CCCCC1. The summed E-state index contributed by atoms with van der Waals surface area (Å²) in [6, 6.07) is 8.42.